The van der Waals surface area contributed by atoms with E-state index in [0.29, 0.717) is 0 Å². The van der Waals surface area contributed by atoms with Crippen LogP contribution in [0.5, 0.6) is 11.5 Å². The summed E-state index contributed by atoms with van der Waals surface area (Å²) >= 11 is 0. The molecule has 23 heavy (non-hydrogen) atoms. The molecule has 0 spiro atoms. The van der Waals surface area contributed by atoms with Gasteiger partial charge in [0.15, 0.2) is 0 Å². The van der Waals surface area contributed by atoms with Crippen LogP contribution in [0.25, 0.3) is 0 Å². The van der Waals surface area contributed by atoms with Gasteiger partial charge in [-0.1, -0.05) is 38.1 Å². The fourth-order valence-electron chi connectivity index (χ4n) is 2.88. The highest BCUT2D eigenvalue weighted by Gasteiger charge is 2.38. The van der Waals surface area contributed by atoms with Crippen molar-refractivity contribution in [1.82, 2.24) is 0 Å². The molecule has 0 aromatic heterocycles. The van der Waals surface area contributed by atoms with Gasteiger partial charge in [-0.25, -0.2) is 0 Å². The molecule has 1 unspecified atom stereocenters. The van der Waals surface area contributed by atoms with Crippen LogP contribution in [0, 0.1) is 5.92 Å². The summed E-state index contributed by atoms with van der Waals surface area (Å²) in [7, 11) is 3.29. The van der Waals surface area contributed by atoms with E-state index in [9.17, 15) is 0 Å². The molecule has 124 valence electrons. The van der Waals surface area contributed by atoms with Crippen molar-refractivity contribution in [1.29, 1.82) is 0 Å². The Bertz CT molecular complexity index is 657. The minimum atomic E-state index is -0.721. The van der Waals surface area contributed by atoms with Gasteiger partial charge in [-0.2, -0.15) is 0 Å². The number of rotatable bonds is 6. The molecular formula is C19H26N2O2. The third kappa shape index (κ3) is 3.33. The number of nitrogens with two attached hydrogens (primary N) is 2. The summed E-state index contributed by atoms with van der Waals surface area (Å²) in [5.74, 6) is 1.68. The summed E-state index contributed by atoms with van der Waals surface area (Å²) in [6.45, 7) is 4.17. The average Bonchev–Trinajstić information content (AvgIpc) is 2.60. The average molecular weight is 314 g/mol. The van der Waals surface area contributed by atoms with Crippen LogP contribution in [0.4, 0.5) is 0 Å². The van der Waals surface area contributed by atoms with E-state index in [0.717, 1.165) is 22.6 Å². The Balaban J connectivity index is 2.50. The normalized spacial score (nSPS) is 15.1. The fraction of sp³-hybridized carbons (Fsp3) is 0.368. The summed E-state index contributed by atoms with van der Waals surface area (Å²) in [5, 5.41) is 0. The van der Waals surface area contributed by atoms with E-state index in [2.05, 4.69) is 13.8 Å². The van der Waals surface area contributed by atoms with E-state index in [1.165, 1.54) is 0 Å². The number of benzene rings is 2. The highest BCUT2D eigenvalue weighted by Crippen LogP contribution is 2.39. The molecule has 0 aliphatic carbocycles. The van der Waals surface area contributed by atoms with Crippen LogP contribution < -0.4 is 20.9 Å². The van der Waals surface area contributed by atoms with Gasteiger partial charge in [-0.3, -0.25) is 0 Å². The SMILES string of the molecule is COc1cccc(C(N)[C@@](N)(c2cccc(OC)c2)C(C)C)c1. The highest BCUT2D eigenvalue weighted by atomic mass is 16.5. The van der Waals surface area contributed by atoms with Crippen molar-refractivity contribution in [2.45, 2.75) is 25.4 Å². The Morgan fingerprint density at radius 3 is 2.04 bits per heavy atom. The lowest BCUT2D eigenvalue weighted by molar-refractivity contribution is 0.257. The summed E-state index contributed by atoms with van der Waals surface area (Å²) in [6, 6.07) is 15.2. The molecule has 0 heterocycles. The van der Waals surface area contributed by atoms with Crippen molar-refractivity contribution in [3.05, 3.63) is 59.7 Å². The predicted molar refractivity (Wildman–Crippen MR) is 93.6 cm³/mol. The van der Waals surface area contributed by atoms with Crippen molar-refractivity contribution < 1.29 is 9.47 Å². The first-order valence-corrected chi connectivity index (χ1v) is 7.76. The van der Waals surface area contributed by atoms with E-state index < -0.39 is 5.54 Å². The van der Waals surface area contributed by atoms with Crippen molar-refractivity contribution >= 4 is 0 Å². The molecule has 4 heteroatoms. The first-order chi connectivity index (χ1) is 10.9. The topological polar surface area (TPSA) is 70.5 Å². The van der Waals surface area contributed by atoms with Crippen LogP contribution in [0.3, 0.4) is 0 Å². The Kier molecular flexibility index (Phi) is 5.29. The molecule has 4 nitrogen and oxygen atoms in total. The zero-order chi connectivity index (χ0) is 17.0. The number of ether oxygens (including phenoxy) is 2. The molecule has 0 bridgehead atoms. The van der Waals surface area contributed by atoms with E-state index in [-0.39, 0.29) is 12.0 Å². The Hall–Kier alpha value is -2.04. The molecule has 0 aliphatic heterocycles. The summed E-state index contributed by atoms with van der Waals surface area (Å²) in [4.78, 5) is 0. The molecule has 2 aromatic rings. The van der Waals surface area contributed by atoms with Crippen LogP contribution in [-0.2, 0) is 5.54 Å². The minimum Gasteiger partial charge on any atom is -0.497 e. The number of hydrogen-bond donors (Lipinski definition) is 2. The molecule has 0 amide bonds. The fourth-order valence-corrected chi connectivity index (χ4v) is 2.88. The van der Waals surface area contributed by atoms with E-state index in [1.54, 1.807) is 14.2 Å². The van der Waals surface area contributed by atoms with E-state index >= 15 is 0 Å². The summed E-state index contributed by atoms with van der Waals surface area (Å²) < 4.78 is 10.6. The lowest BCUT2D eigenvalue weighted by atomic mass is 9.73. The van der Waals surface area contributed by atoms with Gasteiger partial charge in [-0.15, -0.1) is 0 Å². The number of methoxy groups -OCH3 is 2. The second kappa shape index (κ2) is 7.02. The lowest BCUT2D eigenvalue weighted by Gasteiger charge is -2.40. The van der Waals surface area contributed by atoms with Crippen LogP contribution in [0.2, 0.25) is 0 Å². The minimum absolute atomic E-state index is 0.135. The second-order valence-corrected chi connectivity index (χ2v) is 6.07. The van der Waals surface area contributed by atoms with Crippen molar-refractivity contribution in [3.8, 4) is 11.5 Å². The molecule has 0 fully saturated rings. The van der Waals surface area contributed by atoms with Gasteiger partial charge in [0.05, 0.1) is 25.8 Å². The summed E-state index contributed by atoms with van der Waals surface area (Å²) in [5.41, 5.74) is 14.6. The van der Waals surface area contributed by atoms with Gasteiger partial charge in [0.25, 0.3) is 0 Å². The number of hydrogen-bond acceptors (Lipinski definition) is 4. The molecule has 4 N–H and O–H groups in total. The maximum Gasteiger partial charge on any atom is 0.119 e. The third-order valence-corrected chi connectivity index (χ3v) is 4.49. The Morgan fingerprint density at radius 1 is 0.913 bits per heavy atom. The van der Waals surface area contributed by atoms with Crippen LogP contribution in [-0.4, -0.2) is 14.2 Å². The predicted octanol–water partition coefficient (Wildman–Crippen LogP) is 3.21. The molecule has 0 saturated heterocycles. The Morgan fingerprint density at radius 2 is 1.48 bits per heavy atom. The van der Waals surface area contributed by atoms with Gasteiger partial charge in [0.1, 0.15) is 11.5 Å². The largest absolute Gasteiger partial charge is 0.497 e. The molecular weight excluding hydrogens is 288 g/mol. The second-order valence-electron chi connectivity index (χ2n) is 6.07. The zero-order valence-corrected chi connectivity index (χ0v) is 14.2. The van der Waals surface area contributed by atoms with Crippen molar-refractivity contribution in [2.24, 2.45) is 17.4 Å². The first-order valence-electron chi connectivity index (χ1n) is 7.76. The Labute approximate surface area is 138 Å². The van der Waals surface area contributed by atoms with Gasteiger partial charge >= 0.3 is 0 Å². The van der Waals surface area contributed by atoms with E-state index in [4.69, 9.17) is 20.9 Å². The van der Waals surface area contributed by atoms with Gasteiger partial charge in [0, 0.05) is 0 Å². The molecule has 2 aromatic carbocycles. The third-order valence-electron chi connectivity index (χ3n) is 4.49. The maximum atomic E-state index is 6.83. The monoisotopic (exact) mass is 314 g/mol. The van der Waals surface area contributed by atoms with Gasteiger partial charge < -0.3 is 20.9 Å². The van der Waals surface area contributed by atoms with Crippen molar-refractivity contribution in [2.75, 3.05) is 14.2 Å². The zero-order valence-electron chi connectivity index (χ0n) is 14.2. The standard InChI is InChI=1S/C19H26N2O2/c1-13(2)19(21,15-8-6-10-17(12-15)23-4)18(20)14-7-5-9-16(11-14)22-3/h5-13,18H,20-21H2,1-4H3/t18?,19-/m0/s1. The molecule has 0 aliphatic rings. The van der Waals surface area contributed by atoms with Crippen LogP contribution in [0.15, 0.2) is 48.5 Å². The van der Waals surface area contributed by atoms with Gasteiger partial charge in [0.2, 0.25) is 0 Å². The van der Waals surface area contributed by atoms with Crippen LogP contribution >= 0.6 is 0 Å². The highest BCUT2D eigenvalue weighted by molar-refractivity contribution is 5.39. The van der Waals surface area contributed by atoms with Crippen LogP contribution in [0.1, 0.15) is 31.0 Å². The first kappa shape index (κ1) is 17.3. The van der Waals surface area contributed by atoms with Gasteiger partial charge in [-0.05, 0) is 41.3 Å². The molecule has 2 rings (SSSR count). The molecule has 0 radical (unpaired) electrons. The van der Waals surface area contributed by atoms with E-state index in [1.807, 2.05) is 48.5 Å². The lowest BCUT2D eigenvalue weighted by Crippen LogP contribution is -2.50. The quantitative estimate of drug-likeness (QED) is 0.859. The molecule has 0 saturated carbocycles. The maximum absolute atomic E-state index is 6.83. The van der Waals surface area contributed by atoms with Crippen molar-refractivity contribution in [3.63, 3.8) is 0 Å². The molecule has 2 atom stereocenters. The summed E-state index contributed by atoms with van der Waals surface area (Å²) in [6.07, 6.45) is 0. The smallest absolute Gasteiger partial charge is 0.119 e.